The minimum Gasteiger partial charge on any atom is -0.496 e. The molecule has 122 valence electrons. The Labute approximate surface area is 139 Å². The Morgan fingerprint density at radius 3 is 2.64 bits per heavy atom. The van der Waals surface area contributed by atoms with Crippen molar-refractivity contribution in [2.45, 2.75) is 13.0 Å². The van der Waals surface area contributed by atoms with E-state index in [1.54, 1.807) is 21.2 Å². The third-order valence-electron chi connectivity index (χ3n) is 3.29. The van der Waals surface area contributed by atoms with Gasteiger partial charge in [-0.1, -0.05) is 0 Å². The molecule has 6 nitrogen and oxygen atoms in total. The molecule has 7 heteroatoms. The van der Waals surface area contributed by atoms with Gasteiger partial charge in [0, 0.05) is 19.7 Å². The Morgan fingerprint density at radius 2 is 2.09 bits per heavy atom. The summed E-state index contributed by atoms with van der Waals surface area (Å²) in [5.41, 5.74) is 1.09. The van der Waals surface area contributed by atoms with Gasteiger partial charge in [-0.15, -0.1) is 0 Å². The highest BCUT2D eigenvalue weighted by Gasteiger charge is 2.14. The van der Waals surface area contributed by atoms with Gasteiger partial charge in [0.2, 0.25) is 5.91 Å². The first-order valence-corrected chi connectivity index (χ1v) is 7.78. The quantitative estimate of drug-likeness (QED) is 0.721. The summed E-state index contributed by atoms with van der Waals surface area (Å²) in [6, 6.07) is 5.96. The standard InChI is InChI=1S/C15H22BrN3O3/c1-10(11-5-6-13(22-4)12(16)7-11)17-8-14(20)18-9-15(21)19(2)3/h5-7,10,17H,8-9H2,1-4H3,(H,18,20)/p+1/t10-/m1/s1. The number of nitrogens with one attached hydrogen (secondary N) is 1. The summed E-state index contributed by atoms with van der Waals surface area (Å²) in [6.07, 6.45) is 0. The number of benzene rings is 1. The normalized spacial score (nSPS) is 11.7. The molecule has 0 unspecified atom stereocenters. The van der Waals surface area contributed by atoms with Crippen LogP contribution in [0.4, 0.5) is 0 Å². The molecular weight excluding hydrogens is 350 g/mol. The van der Waals surface area contributed by atoms with Gasteiger partial charge in [0.05, 0.1) is 18.1 Å². The molecule has 0 fully saturated rings. The van der Waals surface area contributed by atoms with Crippen molar-refractivity contribution < 1.29 is 19.6 Å². The van der Waals surface area contributed by atoms with Crippen molar-refractivity contribution in [2.24, 2.45) is 0 Å². The number of hydrogen-bond donors (Lipinski definition) is 2. The number of halogens is 1. The molecule has 1 aromatic rings. The number of carbonyl (C=O) groups excluding carboxylic acids is 2. The number of amides is 2. The first-order chi connectivity index (χ1) is 10.3. The molecule has 22 heavy (non-hydrogen) atoms. The van der Waals surface area contributed by atoms with E-state index in [0.717, 1.165) is 15.8 Å². The van der Waals surface area contributed by atoms with Crippen LogP contribution in [0.2, 0.25) is 0 Å². The summed E-state index contributed by atoms with van der Waals surface area (Å²) in [7, 11) is 4.93. The number of quaternary nitrogens is 1. The van der Waals surface area contributed by atoms with Gasteiger partial charge in [-0.05, 0) is 41.1 Å². The maximum absolute atomic E-state index is 11.7. The summed E-state index contributed by atoms with van der Waals surface area (Å²) >= 11 is 3.45. The average Bonchev–Trinajstić information content (AvgIpc) is 2.49. The molecular formula is C15H23BrN3O3+. The molecule has 3 N–H and O–H groups in total. The minimum absolute atomic E-state index is 0.0299. The fourth-order valence-electron chi connectivity index (χ4n) is 1.79. The number of methoxy groups -OCH3 is 1. The minimum atomic E-state index is -0.158. The topological polar surface area (TPSA) is 75.2 Å². The van der Waals surface area contributed by atoms with Gasteiger partial charge in [0.1, 0.15) is 11.8 Å². The van der Waals surface area contributed by atoms with Crippen molar-refractivity contribution >= 4 is 27.7 Å². The van der Waals surface area contributed by atoms with Crippen molar-refractivity contribution in [2.75, 3.05) is 34.3 Å². The van der Waals surface area contributed by atoms with Crippen LogP contribution in [0.3, 0.4) is 0 Å². The maximum atomic E-state index is 11.7. The largest absolute Gasteiger partial charge is 0.496 e. The monoisotopic (exact) mass is 372 g/mol. The average molecular weight is 373 g/mol. The van der Waals surface area contributed by atoms with Gasteiger partial charge < -0.3 is 20.3 Å². The Kier molecular flexibility index (Phi) is 7.34. The van der Waals surface area contributed by atoms with E-state index in [-0.39, 0.29) is 30.9 Å². The van der Waals surface area contributed by atoms with Crippen LogP contribution in [0, 0.1) is 0 Å². The predicted octanol–water partition coefficient (Wildman–Crippen LogP) is 0.287. The van der Waals surface area contributed by atoms with Gasteiger partial charge >= 0.3 is 0 Å². The molecule has 1 atom stereocenters. The van der Waals surface area contributed by atoms with Gasteiger partial charge in [-0.2, -0.15) is 0 Å². The first-order valence-electron chi connectivity index (χ1n) is 6.98. The predicted molar refractivity (Wildman–Crippen MR) is 87.6 cm³/mol. The van der Waals surface area contributed by atoms with Crippen LogP contribution in [0.5, 0.6) is 5.75 Å². The van der Waals surface area contributed by atoms with Crippen LogP contribution in [0.25, 0.3) is 0 Å². The fourth-order valence-corrected chi connectivity index (χ4v) is 2.35. The van der Waals surface area contributed by atoms with Gasteiger partial charge in [-0.3, -0.25) is 9.59 Å². The molecule has 0 heterocycles. The number of ether oxygens (including phenoxy) is 1. The second-order valence-electron chi connectivity index (χ2n) is 5.19. The molecule has 0 aliphatic heterocycles. The van der Waals surface area contributed by atoms with E-state index in [1.165, 1.54) is 4.90 Å². The highest BCUT2D eigenvalue weighted by Crippen LogP contribution is 2.26. The van der Waals surface area contributed by atoms with Crippen molar-refractivity contribution in [3.05, 3.63) is 28.2 Å². The third kappa shape index (κ3) is 5.65. The van der Waals surface area contributed by atoms with E-state index in [4.69, 9.17) is 4.74 Å². The van der Waals surface area contributed by atoms with Crippen molar-refractivity contribution in [3.8, 4) is 5.75 Å². The molecule has 0 spiro atoms. The van der Waals surface area contributed by atoms with Gasteiger partial charge in [0.25, 0.3) is 5.91 Å². The third-order valence-corrected chi connectivity index (χ3v) is 3.91. The molecule has 0 radical (unpaired) electrons. The molecule has 0 aliphatic carbocycles. The summed E-state index contributed by atoms with van der Waals surface area (Å²) < 4.78 is 6.08. The molecule has 1 rings (SSSR count). The lowest BCUT2D eigenvalue weighted by Crippen LogP contribution is -2.87. The van der Waals surface area contributed by atoms with Gasteiger partial charge in [-0.25, -0.2) is 0 Å². The van der Waals surface area contributed by atoms with E-state index in [9.17, 15) is 9.59 Å². The van der Waals surface area contributed by atoms with Crippen LogP contribution in [-0.2, 0) is 9.59 Å². The van der Waals surface area contributed by atoms with Crippen LogP contribution in [0.15, 0.2) is 22.7 Å². The molecule has 0 bridgehead atoms. The van der Waals surface area contributed by atoms with Crippen LogP contribution < -0.4 is 15.4 Å². The zero-order valence-corrected chi connectivity index (χ0v) is 14.9. The molecule has 0 aromatic heterocycles. The smallest absolute Gasteiger partial charge is 0.275 e. The number of hydrogen-bond acceptors (Lipinski definition) is 3. The Hall–Kier alpha value is -1.60. The Bertz CT molecular complexity index is 535. The number of likely N-dealkylation sites (N-methyl/N-ethyl adjacent to an activating group) is 1. The number of carbonyl (C=O) groups is 2. The van der Waals surface area contributed by atoms with E-state index in [0.29, 0.717) is 0 Å². The molecule has 0 aliphatic rings. The number of nitrogens with two attached hydrogens (primary N) is 1. The lowest BCUT2D eigenvalue weighted by molar-refractivity contribution is -0.682. The van der Waals surface area contributed by atoms with Crippen molar-refractivity contribution in [1.82, 2.24) is 10.2 Å². The van der Waals surface area contributed by atoms with Crippen molar-refractivity contribution in [3.63, 3.8) is 0 Å². The van der Waals surface area contributed by atoms with Crippen LogP contribution in [-0.4, -0.2) is 51.0 Å². The maximum Gasteiger partial charge on any atom is 0.275 e. The summed E-state index contributed by atoms with van der Waals surface area (Å²) in [5, 5.41) is 4.53. The van der Waals surface area contributed by atoms with Crippen LogP contribution in [0.1, 0.15) is 18.5 Å². The van der Waals surface area contributed by atoms with E-state index < -0.39 is 0 Å². The zero-order chi connectivity index (χ0) is 16.7. The molecule has 0 saturated carbocycles. The Balaban J connectivity index is 2.45. The van der Waals surface area contributed by atoms with Crippen LogP contribution >= 0.6 is 15.9 Å². The lowest BCUT2D eigenvalue weighted by Gasteiger charge is -2.13. The SMILES string of the molecule is COc1ccc([C@@H](C)[NH2+]CC(=O)NCC(=O)N(C)C)cc1Br. The summed E-state index contributed by atoms with van der Waals surface area (Å²) in [5.74, 6) is 0.492. The lowest BCUT2D eigenvalue weighted by atomic mass is 10.1. The van der Waals surface area contributed by atoms with Gasteiger partial charge in [0.15, 0.2) is 6.54 Å². The Morgan fingerprint density at radius 1 is 1.41 bits per heavy atom. The van der Waals surface area contributed by atoms with E-state index in [2.05, 4.69) is 21.2 Å². The highest BCUT2D eigenvalue weighted by molar-refractivity contribution is 9.10. The van der Waals surface area contributed by atoms with E-state index >= 15 is 0 Å². The summed E-state index contributed by atoms with van der Waals surface area (Å²) in [6.45, 7) is 2.32. The second kappa shape index (κ2) is 8.75. The first kappa shape index (κ1) is 18.4. The fraction of sp³-hybridized carbons (Fsp3) is 0.467. The zero-order valence-electron chi connectivity index (χ0n) is 13.4. The number of rotatable bonds is 7. The summed E-state index contributed by atoms with van der Waals surface area (Å²) in [4.78, 5) is 24.6. The molecule has 0 saturated heterocycles. The molecule has 1 aromatic carbocycles. The van der Waals surface area contributed by atoms with E-state index in [1.807, 2.05) is 30.4 Å². The molecule has 2 amide bonds. The van der Waals surface area contributed by atoms with Crippen molar-refractivity contribution in [1.29, 1.82) is 0 Å². The second-order valence-corrected chi connectivity index (χ2v) is 6.04. The highest BCUT2D eigenvalue weighted by atomic mass is 79.9. The number of nitrogens with zero attached hydrogens (tertiary/aromatic N) is 1.